The number of rotatable bonds is 1. The Labute approximate surface area is 112 Å². The molecule has 3 rings (SSSR count). The second kappa shape index (κ2) is 5.03. The van der Waals surface area contributed by atoms with E-state index in [1.54, 1.807) is 0 Å². The largest absolute Gasteiger partial charge is 0.342 e. The molecule has 1 atom stereocenters. The van der Waals surface area contributed by atoms with Gasteiger partial charge in [-0.1, -0.05) is 18.2 Å². The average molecular weight is 258 g/mol. The topological polar surface area (TPSA) is 49.4 Å². The fourth-order valence-corrected chi connectivity index (χ4v) is 2.89. The number of hydrogen-bond donors (Lipinski definition) is 1. The number of likely N-dealkylation sites (tertiary alicyclic amines) is 1. The number of fused-ring (bicyclic) bond motifs is 1. The molecule has 100 valence electrons. The van der Waals surface area contributed by atoms with E-state index in [0.29, 0.717) is 6.42 Å². The highest BCUT2D eigenvalue weighted by Gasteiger charge is 2.34. The van der Waals surface area contributed by atoms with Crippen LogP contribution in [0.1, 0.15) is 24.8 Å². The van der Waals surface area contributed by atoms with Crippen LogP contribution < -0.4 is 5.32 Å². The van der Waals surface area contributed by atoms with Gasteiger partial charge in [0.2, 0.25) is 11.8 Å². The molecule has 19 heavy (non-hydrogen) atoms. The quantitative estimate of drug-likeness (QED) is 0.781. The van der Waals surface area contributed by atoms with Crippen molar-refractivity contribution in [2.75, 3.05) is 18.4 Å². The average Bonchev–Trinajstić information content (AvgIpc) is 2.47. The summed E-state index contributed by atoms with van der Waals surface area (Å²) in [6.45, 7) is 1.59. The van der Waals surface area contributed by atoms with Gasteiger partial charge in [-0.2, -0.15) is 0 Å². The lowest BCUT2D eigenvalue weighted by Gasteiger charge is -2.32. The van der Waals surface area contributed by atoms with Gasteiger partial charge in [0, 0.05) is 18.8 Å². The van der Waals surface area contributed by atoms with Gasteiger partial charge in [-0.25, -0.2) is 0 Å². The summed E-state index contributed by atoms with van der Waals surface area (Å²) in [5.41, 5.74) is 1.90. The maximum Gasteiger partial charge on any atom is 0.237 e. The van der Waals surface area contributed by atoms with Gasteiger partial charge < -0.3 is 10.2 Å². The van der Waals surface area contributed by atoms with E-state index in [2.05, 4.69) is 5.32 Å². The summed E-state index contributed by atoms with van der Waals surface area (Å²) in [7, 11) is 0. The number of nitrogens with one attached hydrogen (secondary N) is 1. The normalized spacial score (nSPS) is 22.6. The number of para-hydroxylation sites is 1. The minimum Gasteiger partial charge on any atom is -0.342 e. The molecule has 1 saturated heterocycles. The van der Waals surface area contributed by atoms with E-state index in [-0.39, 0.29) is 11.8 Å². The summed E-state index contributed by atoms with van der Waals surface area (Å²) >= 11 is 0. The third kappa shape index (κ3) is 2.35. The molecule has 0 aromatic heterocycles. The Morgan fingerprint density at radius 1 is 1.16 bits per heavy atom. The zero-order valence-corrected chi connectivity index (χ0v) is 10.9. The molecule has 4 nitrogen and oxygen atoms in total. The minimum atomic E-state index is -0.548. The Balaban J connectivity index is 1.78. The number of benzene rings is 1. The van der Waals surface area contributed by atoms with Crippen LogP contribution in [0, 0.1) is 5.92 Å². The first kappa shape index (κ1) is 12.2. The molecular formula is C15H18N2O2. The molecule has 0 spiro atoms. The Morgan fingerprint density at radius 2 is 1.89 bits per heavy atom. The zero-order chi connectivity index (χ0) is 13.2. The number of hydrogen-bond acceptors (Lipinski definition) is 2. The van der Waals surface area contributed by atoms with Gasteiger partial charge >= 0.3 is 0 Å². The summed E-state index contributed by atoms with van der Waals surface area (Å²) in [4.78, 5) is 26.4. The lowest BCUT2D eigenvalue weighted by Crippen LogP contribution is -2.46. The molecular weight excluding hydrogens is 240 g/mol. The highest BCUT2D eigenvalue weighted by molar-refractivity contribution is 6.08. The van der Waals surface area contributed by atoms with Crippen molar-refractivity contribution in [3.63, 3.8) is 0 Å². The maximum atomic E-state index is 12.4. The molecule has 0 aliphatic carbocycles. The SMILES string of the molecule is O=C1Nc2ccccc2CC1C(=O)N1CCCCC1. The molecule has 1 aromatic carbocycles. The Hall–Kier alpha value is -1.84. The first-order valence-corrected chi connectivity index (χ1v) is 6.93. The van der Waals surface area contributed by atoms with Crippen molar-refractivity contribution in [1.29, 1.82) is 0 Å². The fraction of sp³-hybridized carbons (Fsp3) is 0.467. The highest BCUT2D eigenvalue weighted by Crippen LogP contribution is 2.27. The van der Waals surface area contributed by atoms with Gasteiger partial charge in [0.25, 0.3) is 0 Å². The molecule has 1 fully saturated rings. The third-order valence-corrected chi connectivity index (χ3v) is 3.98. The van der Waals surface area contributed by atoms with Gasteiger partial charge in [0.15, 0.2) is 0 Å². The second-order valence-electron chi connectivity index (χ2n) is 5.29. The molecule has 1 unspecified atom stereocenters. The number of carbonyl (C=O) groups excluding carboxylic acids is 2. The minimum absolute atomic E-state index is 0.00768. The van der Waals surface area contributed by atoms with Crippen molar-refractivity contribution >= 4 is 17.5 Å². The van der Waals surface area contributed by atoms with Gasteiger partial charge in [0.05, 0.1) is 0 Å². The van der Waals surface area contributed by atoms with Crippen LogP contribution in [0.4, 0.5) is 5.69 Å². The summed E-state index contributed by atoms with van der Waals surface area (Å²) in [5, 5.41) is 2.84. The molecule has 0 radical (unpaired) electrons. The predicted octanol–water partition coefficient (Wildman–Crippen LogP) is 1.81. The number of anilines is 1. The van der Waals surface area contributed by atoms with Gasteiger partial charge in [0.1, 0.15) is 5.92 Å². The zero-order valence-electron chi connectivity index (χ0n) is 10.9. The summed E-state index contributed by atoms with van der Waals surface area (Å²) in [6, 6.07) is 7.70. The van der Waals surface area contributed by atoms with Crippen molar-refractivity contribution < 1.29 is 9.59 Å². The van der Waals surface area contributed by atoms with Crippen LogP contribution in [0.3, 0.4) is 0 Å². The molecule has 1 N–H and O–H groups in total. The molecule has 2 aliphatic rings. The van der Waals surface area contributed by atoms with E-state index in [1.807, 2.05) is 29.2 Å². The Morgan fingerprint density at radius 3 is 2.68 bits per heavy atom. The monoisotopic (exact) mass is 258 g/mol. The van der Waals surface area contributed by atoms with Crippen molar-refractivity contribution in [1.82, 2.24) is 4.90 Å². The maximum absolute atomic E-state index is 12.4. The predicted molar refractivity (Wildman–Crippen MR) is 72.7 cm³/mol. The van der Waals surface area contributed by atoms with Crippen LogP contribution in [-0.2, 0) is 16.0 Å². The van der Waals surface area contributed by atoms with Crippen molar-refractivity contribution in [3.8, 4) is 0 Å². The second-order valence-corrected chi connectivity index (χ2v) is 5.29. The van der Waals surface area contributed by atoms with E-state index in [4.69, 9.17) is 0 Å². The van der Waals surface area contributed by atoms with Crippen molar-refractivity contribution in [2.45, 2.75) is 25.7 Å². The Bertz CT molecular complexity index is 507. The molecule has 2 amide bonds. The van der Waals surface area contributed by atoms with E-state index in [9.17, 15) is 9.59 Å². The number of carbonyl (C=O) groups is 2. The Kier molecular flexibility index (Phi) is 3.23. The van der Waals surface area contributed by atoms with E-state index >= 15 is 0 Å². The lowest BCUT2D eigenvalue weighted by atomic mass is 9.91. The molecule has 2 aliphatic heterocycles. The van der Waals surface area contributed by atoms with E-state index < -0.39 is 5.92 Å². The van der Waals surface area contributed by atoms with Crippen LogP contribution in [0.25, 0.3) is 0 Å². The fourth-order valence-electron chi connectivity index (χ4n) is 2.89. The number of amides is 2. The van der Waals surface area contributed by atoms with E-state index in [0.717, 1.165) is 37.2 Å². The van der Waals surface area contributed by atoms with Crippen LogP contribution >= 0.6 is 0 Å². The number of piperidine rings is 1. The summed E-state index contributed by atoms with van der Waals surface area (Å²) < 4.78 is 0. The first-order valence-electron chi connectivity index (χ1n) is 6.93. The van der Waals surface area contributed by atoms with Crippen molar-refractivity contribution in [3.05, 3.63) is 29.8 Å². The van der Waals surface area contributed by atoms with Crippen molar-refractivity contribution in [2.24, 2.45) is 5.92 Å². The molecule has 2 heterocycles. The van der Waals surface area contributed by atoms with Crippen LogP contribution in [0.5, 0.6) is 0 Å². The van der Waals surface area contributed by atoms with Crippen LogP contribution in [0.2, 0.25) is 0 Å². The molecule has 1 aromatic rings. The summed E-state index contributed by atoms with van der Waals surface area (Å²) in [6.07, 6.45) is 3.81. The summed E-state index contributed by atoms with van der Waals surface area (Å²) in [5.74, 6) is -0.714. The molecule has 0 saturated carbocycles. The van der Waals surface area contributed by atoms with Crippen LogP contribution in [-0.4, -0.2) is 29.8 Å². The van der Waals surface area contributed by atoms with Gasteiger partial charge in [-0.15, -0.1) is 0 Å². The van der Waals surface area contributed by atoms with Crippen LogP contribution in [0.15, 0.2) is 24.3 Å². The van der Waals surface area contributed by atoms with Gasteiger partial charge in [-0.05, 0) is 37.3 Å². The van der Waals surface area contributed by atoms with Gasteiger partial charge in [-0.3, -0.25) is 9.59 Å². The first-order chi connectivity index (χ1) is 9.25. The lowest BCUT2D eigenvalue weighted by molar-refractivity contribution is -0.141. The standard InChI is InChI=1S/C15H18N2O2/c18-14-12(15(19)17-8-4-1-5-9-17)10-11-6-2-3-7-13(11)16-14/h2-3,6-7,12H,1,4-5,8-10H2,(H,16,18). The number of nitrogens with zero attached hydrogens (tertiary/aromatic N) is 1. The molecule has 0 bridgehead atoms. The van der Waals surface area contributed by atoms with E-state index in [1.165, 1.54) is 6.42 Å². The molecule has 4 heteroatoms. The smallest absolute Gasteiger partial charge is 0.237 e. The third-order valence-electron chi connectivity index (χ3n) is 3.98. The highest BCUT2D eigenvalue weighted by atomic mass is 16.2.